The molecular weight excluding hydrogens is 350 g/mol. The number of halogens is 1. The van der Waals surface area contributed by atoms with E-state index in [-0.39, 0.29) is 5.56 Å². The Balaban J connectivity index is 1.78. The smallest absolute Gasteiger partial charge is 0.256 e. The average Bonchev–Trinajstić information content (AvgIpc) is 2.50. The number of hydrogen-bond donors (Lipinski definition) is 1. The van der Waals surface area contributed by atoms with Crippen molar-refractivity contribution in [1.29, 1.82) is 0 Å². The predicted octanol–water partition coefficient (Wildman–Crippen LogP) is 2.81. The van der Waals surface area contributed by atoms with Gasteiger partial charge in [0.25, 0.3) is 5.56 Å². The summed E-state index contributed by atoms with van der Waals surface area (Å²) >= 11 is 4.92. The standard InChI is InChI=1S/C15H16BrN3OS/c1-21-15-17-13-6-7-19(9-12(13)14(20)18-15)8-10-2-4-11(16)5-3-10/h2-5H,6-9H2,1H3,(H,17,18,20). The fraction of sp³-hybridized carbons (Fsp3) is 0.333. The van der Waals surface area contributed by atoms with Crippen LogP contribution in [0.2, 0.25) is 0 Å². The van der Waals surface area contributed by atoms with Crippen LogP contribution in [0.25, 0.3) is 0 Å². The number of nitrogens with one attached hydrogen (secondary N) is 1. The second-order valence-corrected chi connectivity index (χ2v) is 6.80. The third-order valence-corrected chi connectivity index (χ3v) is 4.75. The number of hydrogen-bond acceptors (Lipinski definition) is 4. The lowest BCUT2D eigenvalue weighted by atomic mass is 10.1. The lowest BCUT2D eigenvalue weighted by Crippen LogP contribution is -2.35. The SMILES string of the molecule is CSc1nc2c(c(=O)[nH]1)CN(Cc1ccc(Br)cc1)CC2. The molecule has 0 saturated heterocycles. The number of aromatic amines is 1. The van der Waals surface area contributed by atoms with Crippen molar-refractivity contribution >= 4 is 27.7 Å². The first-order chi connectivity index (χ1) is 10.2. The molecule has 6 heteroatoms. The molecule has 1 aliphatic heterocycles. The highest BCUT2D eigenvalue weighted by molar-refractivity contribution is 9.10. The summed E-state index contributed by atoms with van der Waals surface area (Å²) in [5.41, 5.74) is 3.03. The molecule has 2 aromatic rings. The molecule has 2 heterocycles. The summed E-state index contributed by atoms with van der Waals surface area (Å²) in [5, 5.41) is 0.708. The number of nitrogens with zero attached hydrogens (tertiary/aromatic N) is 2. The van der Waals surface area contributed by atoms with Gasteiger partial charge in [0.2, 0.25) is 0 Å². The molecule has 0 radical (unpaired) electrons. The van der Waals surface area contributed by atoms with Crippen molar-refractivity contribution in [2.45, 2.75) is 24.7 Å². The summed E-state index contributed by atoms with van der Waals surface area (Å²) in [6.45, 7) is 2.46. The minimum absolute atomic E-state index is 0.00450. The molecule has 110 valence electrons. The van der Waals surface area contributed by atoms with Gasteiger partial charge < -0.3 is 4.98 Å². The van der Waals surface area contributed by atoms with Gasteiger partial charge in [-0.05, 0) is 24.0 Å². The van der Waals surface area contributed by atoms with Gasteiger partial charge in [-0.25, -0.2) is 4.98 Å². The Bertz CT molecular complexity index is 699. The fourth-order valence-electron chi connectivity index (χ4n) is 2.54. The van der Waals surface area contributed by atoms with Crippen molar-refractivity contribution in [3.8, 4) is 0 Å². The van der Waals surface area contributed by atoms with E-state index in [4.69, 9.17) is 0 Å². The largest absolute Gasteiger partial charge is 0.301 e. The third kappa shape index (κ3) is 3.39. The molecule has 0 aliphatic carbocycles. The van der Waals surface area contributed by atoms with Crippen molar-refractivity contribution < 1.29 is 0 Å². The van der Waals surface area contributed by atoms with E-state index >= 15 is 0 Å². The molecule has 0 amide bonds. The van der Waals surface area contributed by atoms with Gasteiger partial charge in [0.1, 0.15) is 0 Å². The Morgan fingerprint density at radius 3 is 2.86 bits per heavy atom. The summed E-state index contributed by atoms with van der Waals surface area (Å²) < 4.78 is 1.08. The van der Waals surface area contributed by atoms with E-state index in [0.717, 1.165) is 35.2 Å². The van der Waals surface area contributed by atoms with Crippen molar-refractivity contribution in [2.75, 3.05) is 12.8 Å². The van der Waals surface area contributed by atoms with Gasteiger partial charge in [0.05, 0.1) is 11.3 Å². The third-order valence-electron chi connectivity index (χ3n) is 3.64. The van der Waals surface area contributed by atoms with Gasteiger partial charge in [-0.3, -0.25) is 9.69 Å². The zero-order valence-electron chi connectivity index (χ0n) is 11.7. The minimum atomic E-state index is 0.00450. The summed E-state index contributed by atoms with van der Waals surface area (Å²) in [4.78, 5) is 21.8. The highest BCUT2D eigenvalue weighted by atomic mass is 79.9. The van der Waals surface area contributed by atoms with Crippen LogP contribution in [0.1, 0.15) is 16.8 Å². The monoisotopic (exact) mass is 365 g/mol. The van der Waals surface area contributed by atoms with Gasteiger partial charge in [-0.1, -0.05) is 39.8 Å². The number of benzene rings is 1. The first-order valence-corrected chi connectivity index (χ1v) is 8.80. The Morgan fingerprint density at radius 2 is 2.14 bits per heavy atom. The molecule has 0 spiro atoms. The first kappa shape index (κ1) is 14.8. The predicted molar refractivity (Wildman–Crippen MR) is 88.6 cm³/mol. The summed E-state index contributed by atoms with van der Waals surface area (Å²) in [6, 6.07) is 8.32. The second kappa shape index (κ2) is 6.34. The normalized spacial score (nSPS) is 15.0. The Morgan fingerprint density at radius 1 is 1.38 bits per heavy atom. The highest BCUT2D eigenvalue weighted by Crippen LogP contribution is 2.19. The molecule has 1 aromatic heterocycles. The van der Waals surface area contributed by atoms with Crippen LogP contribution in [0, 0.1) is 0 Å². The molecule has 0 bridgehead atoms. The number of fused-ring (bicyclic) bond motifs is 1. The van der Waals surface area contributed by atoms with Crippen molar-refractivity contribution in [3.63, 3.8) is 0 Å². The lowest BCUT2D eigenvalue weighted by molar-refractivity contribution is 0.241. The molecule has 3 rings (SSSR count). The molecule has 4 nitrogen and oxygen atoms in total. The van der Waals surface area contributed by atoms with Crippen LogP contribution >= 0.6 is 27.7 Å². The lowest BCUT2D eigenvalue weighted by Gasteiger charge is -2.27. The zero-order valence-corrected chi connectivity index (χ0v) is 14.1. The molecular formula is C15H16BrN3OS. The summed E-state index contributed by atoms with van der Waals surface area (Å²) in [5.74, 6) is 0. The van der Waals surface area contributed by atoms with Gasteiger partial charge in [-0.15, -0.1) is 0 Å². The second-order valence-electron chi connectivity index (χ2n) is 5.09. The van der Waals surface area contributed by atoms with Gasteiger partial charge in [-0.2, -0.15) is 0 Å². The molecule has 0 saturated carbocycles. The maximum atomic E-state index is 12.1. The maximum Gasteiger partial charge on any atom is 0.256 e. The molecule has 0 atom stereocenters. The van der Waals surface area contributed by atoms with E-state index in [1.54, 1.807) is 0 Å². The van der Waals surface area contributed by atoms with Crippen molar-refractivity contribution in [1.82, 2.24) is 14.9 Å². The van der Waals surface area contributed by atoms with Crippen LogP contribution in [-0.2, 0) is 19.5 Å². The van der Waals surface area contributed by atoms with Crippen molar-refractivity contribution in [3.05, 3.63) is 55.9 Å². The van der Waals surface area contributed by atoms with Crippen LogP contribution in [0.4, 0.5) is 0 Å². The van der Waals surface area contributed by atoms with E-state index in [9.17, 15) is 4.79 Å². The molecule has 0 unspecified atom stereocenters. The topological polar surface area (TPSA) is 49.0 Å². The van der Waals surface area contributed by atoms with Crippen LogP contribution in [0.15, 0.2) is 38.7 Å². The maximum absolute atomic E-state index is 12.1. The molecule has 1 N–H and O–H groups in total. The van der Waals surface area contributed by atoms with Gasteiger partial charge in [0, 0.05) is 30.5 Å². The molecule has 1 aromatic carbocycles. The number of aromatic nitrogens is 2. The van der Waals surface area contributed by atoms with E-state index in [1.165, 1.54) is 17.3 Å². The Kier molecular flexibility index (Phi) is 4.47. The van der Waals surface area contributed by atoms with Crippen LogP contribution < -0.4 is 5.56 Å². The van der Waals surface area contributed by atoms with E-state index in [2.05, 4.69) is 42.9 Å². The van der Waals surface area contributed by atoms with Crippen molar-refractivity contribution in [2.24, 2.45) is 0 Å². The number of thioether (sulfide) groups is 1. The Hall–Kier alpha value is -1.11. The highest BCUT2D eigenvalue weighted by Gasteiger charge is 2.21. The van der Waals surface area contributed by atoms with Gasteiger partial charge in [0.15, 0.2) is 5.16 Å². The van der Waals surface area contributed by atoms with Crippen LogP contribution in [0.3, 0.4) is 0 Å². The van der Waals surface area contributed by atoms with E-state index in [0.29, 0.717) is 11.7 Å². The van der Waals surface area contributed by atoms with Crippen LogP contribution in [-0.4, -0.2) is 27.7 Å². The first-order valence-electron chi connectivity index (χ1n) is 6.78. The number of rotatable bonds is 3. The number of H-pyrrole nitrogens is 1. The summed E-state index contributed by atoms with van der Waals surface area (Å²) in [6.07, 6.45) is 2.76. The van der Waals surface area contributed by atoms with E-state index in [1.807, 2.05) is 18.4 Å². The zero-order chi connectivity index (χ0) is 14.8. The van der Waals surface area contributed by atoms with E-state index < -0.39 is 0 Å². The fourth-order valence-corrected chi connectivity index (χ4v) is 3.20. The van der Waals surface area contributed by atoms with Crippen LogP contribution in [0.5, 0.6) is 0 Å². The Labute approximate surface area is 136 Å². The molecule has 0 fully saturated rings. The molecule has 1 aliphatic rings. The van der Waals surface area contributed by atoms with Gasteiger partial charge >= 0.3 is 0 Å². The quantitative estimate of drug-likeness (QED) is 0.671. The minimum Gasteiger partial charge on any atom is -0.301 e. The average molecular weight is 366 g/mol. The molecule has 21 heavy (non-hydrogen) atoms. The summed E-state index contributed by atoms with van der Waals surface area (Å²) in [7, 11) is 0.